The SMILES string of the molecule is CCCCCCC(CCCC)CN1C(CC(=O)OCCC)=Nc2ccccc2S1(=O)=O. The van der Waals surface area contributed by atoms with Crippen molar-refractivity contribution in [2.75, 3.05) is 13.2 Å². The second-order valence-corrected chi connectivity index (χ2v) is 10.1. The van der Waals surface area contributed by atoms with Gasteiger partial charge in [-0.3, -0.25) is 9.10 Å². The molecule has 174 valence electrons. The van der Waals surface area contributed by atoms with E-state index in [4.69, 9.17) is 4.74 Å². The molecule has 1 aromatic carbocycles. The maximum absolute atomic E-state index is 13.5. The summed E-state index contributed by atoms with van der Waals surface area (Å²) < 4.78 is 33.6. The van der Waals surface area contributed by atoms with Gasteiger partial charge < -0.3 is 4.74 Å². The Bertz CT molecular complexity index is 836. The summed E-state index contributed by atoms with van der Waals surface area (Å²) in [6.45, 7) is 6.95. The zero-order valence-electron chi connectivity index (χ0n) is 19.3. The van der Waals surface area contributed by atoms with Crippen LogP contribution in [0.4, 0.5) is 5.69 Å². The van der Waals surface area contributed by atoms with Crippen LogP contribution < -0.4 is 0 Å². The van der Waals surface area contributed by atoms with Gasteiger partial charge in [-0.05, 0) is 37.3 Å². The predicted molar refractivity (Wildman–Crippen MR) is 125 cm³/mol. The van der Waals surface area contributed by atoms with Crippen molar-refractivity contribution in [1.82, 2.24) is 4.31 Å². The lowest BCUT2D eigenvalue weighted by Crippen LogP contribution is -2.43. The maximum atomic E-state index is 13.5. The van der Waals surface area contributed by atoms with E-state index in [1.165, 1.54) is 23.6 Å². The molecule has 1 aliphatic heterocycles. The van der Waals surface area contributed by atoms with E-state index in [1.807, 2.05) is 6.92 Å². The number of rotatable bonds is 14. The highest BCUT2D eigenvalue weighted by molar-refractivity contribution is 7.90. The number of hydrogen-bond acceptors (Lipinski definition) is 5. The van der Waals surface area contributed by atoms with Gasteiger partial charge in [0.2, 0.25) is 0 Å². The first-order valence-corrected chi connectivity index (χ1v) is 13.2. The second-order valence-electron chi connectivity index (χ2n) is 8.29. The van der Waals surface area contributed by atoms with Crippen LogP contribution in [0, 0.1) is 5.92 Å². The topological polar surface area (TPSA) is 76.0 Å². The van der Waals surface area contributed by atoms with Crippen LogP contribution in [0.1, 0.15) is 85.0 Å². The molecule has 0 aliphatic carbocycles. The van der Waals surface area contributed by atoms with Crippen molar-refractivity contribution in [3.63, 3.8) is 0 Å². The Balaban J connectivity index is 2.28. The highest BCUT2D eigenvalue weighted by Gasteiger charge is 2.36. The number of benzene rings is 1. The first kappa shape index (κ1) is 25.4. The van der Waals surface area contributed by atoms with Crippen molar-refractivity contribution in [3.8, 4) is 0 Å². The molecule has 0 saturated carbocycles. The number of amidine groups is 1. The van der Waals surface area contributed by atoms with Crippen LogP contribution in [-0.2, 0) is 19.6 Å². The minimum Gasteiger partial charge on any atom is -0.465 e. The molecular weight excluding hydrogens is 412 g/mol. The summed E-state index contributed by atoms with van der Waals surface area (Å²) in [5, 5.41) is 0. The fourth-order valence-corrected chi connectivity index (χ4v) is 5.52. The third-order valence-corrected chi connectivity index (χ3v) is 7.44. The lowest BCUT2D eigenvalue weighted by molar-refractivity contribution is -0.142. The quantitative estimate of drug-likeness (QED) is 0.263. The van der Waals surface area contributed by atoms with Crippen LogP contribution in [0.3, 0.4) is 0 Å². The molecule has 0 fully saturated rings. The number of unbranched alkanes of at least 4 members (excludes halogenated alkanes) is 4. The fourth-order valence-electron chi connectivity index (χ4n) is 3.86. The van der Waals surface area contributed by atoms with Gasteiger partial charge in [-0.25, -0.2) is 13.4 Å². The molecule has 0 aromatic heterocycles. The van der Waals surface area contributed by atoms with Gasteiger partial charge in [-0.15, -0.1) is 0 Å². The Hall–Kier alpha value is -1.89. The number of nitrogens with zero attached hydrogens (tertiary/aromatic N) is 2. The maximum Gasteiger partial charge on any atom is 0.313 e. The van der Waals surface area contributed by atoms with Crippen LogP contribution in [0.25, 0.3) is 0 Å². The highest BCUT2D eigenvalue weighted by Crippen LogP contribution is 2.34. The first-order chi connectivity index (χ1) is 14.9. The normalized spacial score (nSPS) is 15.8. The Morgan fingerprint density at radius 3 is 2.42 bits per heavy atom. The van der Waals surface area contributed by atoms with Crippen LogP contribution in [0.5, 0.6) is 0 Å². The van der Waals surface area contributed by atoms with E-state index in [-0.39, 0.29) is 23.1 Å². The van der Waals surface area contributed by atoms with Gasteiger partial charge in [-0.1, -0.05) is 71.4 Å². The summed E-state index contributed by atoms with van der Waals surface area (Å²) in [7, 11) is -3.76. The molecule has 1 heterocycles. The molecule has 0 radical (unpaired) electrons. The van der Waals surface area contributed by atoms with Crippen LogP contribution in [0.2, 0.25) is 0 Å². The third-order valence-electron chi connectivity index (χ3n) is 5.60. The van der Waals surface area contributed by atoms with E-state index in [0.29, 0.717) is 18.8 Å². The molecule has 1 unspecified atom stereocenters. The lowest BCUT2D eigenvalue weighted by atomic mass is 9.95. The molecule has 2 rings (SSSR count). The summed E-state index contributed by atoms with van der Waals surface area (Å²) in [6.07, 6.45) is 9.32. The van der Waals surface area contributed by atoms with E-state index >= 15 is 0 Å². The number of sulfonamides is 1. The Labute approximate surface area is 188 Å². The summed E-state index contributed by atoms with van der Waals surface area (Å²) in [5.41, 5.74) is 0.394. The molecule has 1 atom stereocenters. The number of para-hydroxylation sites is 1. The fraction of sp³-hybridized carbons (Fsp3) is 0.667. The molecule has 0 amide bonds. The zero-order valence-corrected chi connectivity index (χ0v) is 20.1. The monoisotopic (exact) mass is 450 g/mol. The number of carbonyl (C=O) groups is 1. The van der Waals surface area contributed by atoms with Crippen LogP contribution >= 0.6 is 0 Å². The Morgan fingerprint density at radius 1 is 1.00 bits per heavy atom. The Kier molecular flexibility index (Phi) is 10.5. The van der Waals surface area contributed by atoms with E-state index in [1.54, 1.807) is 24.3 Å². The number of fused-ring (bicyclic) bond motifs is 1. The van der Waals surface area contributed by atoms with E-state index in [9.17, 15) is 13.2 Å². The molecule has 1 aliphatic rings. The van der Waals surface area contributed by atoms with Crippen LogP contribution in [-0.4, -0.2) is 37.7 Å². The Morgan fingerprint density at radius 2 is 1.71 bits per heavy atom. The molecule has 7 heteroatoms. The molecule has 0 spiro atoms. The summed E-state index contributed by atoms with van der Waals surface area (Å²) >= 11 is 0. The van der Waals surface area contributed by atoms with E-state index < -0.39 is 16.0 Å². The van der Waals surface area contributed by atoms with Crippen molar-refractivity contribution in [2.45, 2.75) is 89.9 Å². The summed E-state index contributed by atoms with van der Waals surface area (Å²) in [5.74, 6) is 0.0804. The van der Waals surface area contributed by atoms with Crippen molar-refractivity contribution in [1.29, 1.82) is 0 Å². The lowest BCUT2D eigenvalue weighted by Gasteiger charge is -2.32. The molecule has 0 bridgehead atoms. The highest BCUT2D eigenvalue weighted by atomic mass is 32.2. The number of hydrogen-bond donors (Lipinski definition) is 0. The van der Waals surface area contributed by atoms with Gasteiger partial charge in [0.1, 0.15) is 17.2 Å². The number of carbonyl (C=O) groups excluding carboxylic acids is 1. The van der Waals surface area contributed by atoms with Gasteiger partial charge in [0.25, 0.3) is 10.0 Å². The number of ether oxygens (including phenoxy) is 1. The molecular formula is C24H38N2O4S. The van der Waals surface area contributed by atoms with Crippen LogP contribution in [0.15, 0.2) is 34.2 Å². The van der Waals surface area contributed by atoms with Gasteiger partial charge in [0.05, 0.1) is 12.3 Å². The molecule has 1 aromatic rings. The first-order valence-electron chi connectivity index (χ1n) is 11.8. The van der Waals surface area contributed by atoms with Gasteiger partial charge in [0.15, 0.2) is 0 Å². The zero-order chi connectivity index (χ0) is 22.7. The molecule has 0 saturated heterocycles. The smallest absolute Gasteiger partial charge is 0.313 e. The van der Waals surface area contributed by atoms with Crippen molar-refractivity contribution < 1.29 is 17.9 Å². The van der Waals surface area contributed by atoms with Gasteiger partial charge in [0, 0.05) is 6.54 Å². The molecule has 6 nitrogen and oxygen atoms in total. The minimum absolute atomic E-state index is 0.135. The van der Waals surface area contributed by atoms with E-state index in [0.717, 1.165) is 38.5 Å². The predicted octanol–water partition coefficient (Wildman–Crippen LogP) is 5.84. The summed E-state index contributed by atoms with van der Waals surface area (Å²) in [6, 6.07) is 6.75. The van der Waals surface area contributed by atoms with Gasteiger partial charge >= 0.3 is 5.97 Å². The molecule has 0 N–H and O–H groups in total. The van der Waals surface area contributed by atoms with E-state index in [2.05, 4.69) is 18.8 Å². The third kappa shape index (κ3) is 7.34. The average Bonchev–Trinajstić information content (AvgIpc) is 2.75. The second kappa shape index (κ2) is 12.8. The molecule has 31 heavy (non-hydrogen) atoms. The number of esters is 1. The summed E-state index contributed by atoms with van der Waals surface area (Å²) in [4.78, 5) is 17.1. The number of aliphatic imine (C=N–C) groups is 1. The minimum atomic E-state index is -3.76. The van der Waals surface area contributed by atoms with Crippen molar-refractivity contribution >= 4 is 27.5 Å². The van der Waals surface area contributed by atoms with Gasteiger partial charge in [-0.2, -0.15) is 0 Å². The standard InChI is InChI=1S/C24H38N2O4S/c1-4-7-9-10-14-20(13-8-5-2)19-26-23(18-24(27)30-17-6-3)25-21-15-11-12-16-22(21)31(26,28)29/h11-12,15-16,20H,4-10,13-14,17-19H2,1-3H3. The largest absolute Gasteiger partial charge is 0.465 e. The average molecular weight is 451 g/mol. The van der Waals surface area contributed by atoms with Crippen molar-refractivity contribution in [2.24, 2.45) is 10.9 Å². The van der Waals surface area contributed by atoms with Crippen molar-refractivity contribution in [3.05, 3.63) is 24.3 Å².